The van der Waals surface area contributed by atoms with Crippen molar-refractivity contribution in [3.05, 3.63) is 76.5 Å². The minimum Gasteiger partial charge on any atom is -0.497 e. The Morgan fingerprint density at radius 3 is 2.34 bits per heavy atom. The van der Waals surface area contributed by atoms with E-state index < -0.39 is 0 Å². The lowest BCUT2D eigenvalue weighted by Gasteiger charge is -2.11. The number of ether oxygens (including phenoxy) is 2. The smallest absolute Gasteiger partial charge is 0.196 e. The van der Waals surface area contributed by atoms with Gasteiger partial charge in [0.2, 0.25) is 0 Å². The maximum absolute atomic E-state index is 12.8. The third kappa shape index (κ3) is 3.48. The molecule has 3 aromatic carbocycles. The van der Waals surface area contributed by atoms with Gasteiger partial charge in [-0.2, -0.15) is 0 Å². The van der Waals surface area contributed by atoms with Gasteiger partial charge in [-0.1, -0.05) is 0 Å². The summed E-state index contributed by atoms with van der Waals surface area (Å²) in [5, 5.41) is 0.489. The van der Waals surface area contributed by atoms with E-state index in [1.54, 1.807) is 62.6 Å². The monoisotopic (exact) mass is 388 g/mol. The van der Waals surface area contributed by atoms with Crippen molar-refractivity contribution in [3.63, 3.8) is 0 Å². The molecule has 0 unspecified atom stereocenters. The van der Waals surface area contributed by atoms with E-state index >= 15 is 0 Å². The molecule has 1 aromatic heterocycles. The van der Waals surface area contributed by atoms with Gasteiger partial charge in [-0.05, 0) is 61.5 Å². The highest BCUT2D eigenvalue weighted by Gasteiger charge is 2.14. The summed E-state index contributed by atoms with van der Waals surface area (Å²) in [4.78, 5) is 12.8. The zero-order chi connectivity index (χ0) is 20.5. The highest BCUT2D eigenvalue weighted by atomic mass is 16.5. The lowest BCUT2D eigenvalue weighted by Crippen LogP contribution is -2.07. The molecule has 0 bridgehead atoms. The Morgan fingerprint density at radius 1 is 0.897 bits per heavy atom. The van der Waals surface area contributed by atoms with Gasteiger partial charge in [-0.25, -0.2) is 0 Å². The van der Waals surface area contributed by atoms with Crippen LogP contribution in [-0.4, -0.2) is 7.11 Å². The number of benzene rings is 3. The van der Waals surface area contributed by atoms with E-state index in [2.05, 4.69) is 0 Å². The molecule has 0 aliphatic heterocycles. The van der Waals surface area contributed by atoms with E-state index in [1.807, 2.05) is 12.1 Å². The predicted octanol–water partition coefficient (Wildman–Crippen LogP) is 4.73. The number of methoxy groups -OCH3 is 1. The molecule has 29 heavy (non-hydrogen) atoms. The molecule has 1 heterocycles. The molecule has 0 radical (unpaired) electrons. The normalized spacial score (nSPS) is 10.8. The van der Waals surface area contributed by atoms with Crippen LogP contribution < -0.4 is 26.4 Å². The Hall–Kier alpha value is -3.93. The zero-order valence-electron chi connectivity index (χ0n) is 16.1. The van der Waals surface area contributed by atoms with Crippen molar-refractivity contribution in [1.82, 2.24) is 0 Å². The van der Waals surface area contributed by atoms with Gasteiger partial charge in [0.15, 0.2) is 11.2 Å². The van der Waals surface area contributed by atoms with E-state index in [-0.39, 0.29) is 5.43 Å². The van der Waals surface area contributed by atoms with Crippen molar-refractivity contribution >= 4 is 22.3 Å². The van der Waals surface area contributed by atoms with Crippen LogP contribution in [0.3, 0.4) is 0 Å². The van der Waals surface area contributed by atoms with E-state index in [0.29, 0.717) is 50.9 Å². The van der Waals surface area contributed by atoms with E-state index in [9.17, 15) is 4.79 Å². The van der Waals surface area contributed by atoms with Gasteiger partial charge >= 0.3 is 0 Å². The average Bonchev–Trinajstić information content (AvgIpc) is 2.74. The van der Waals surface area contributed by atoms with Crippen LogP contribution in [0.4, 0.5) is 11.4 Å². The number of anilines is 2. The van der Waals surface area contributed by atoms with E-state index in [4.69, 9.17) is 25.4 Å². The SMILES string of the molecule is COc1ccc2oc(-c3ccc(Oc4cc(N)ccc4N)cc3)c(C)c(=O)c2c1. The molecule has 4 N–H and O–H groups in total. The third-order valence-corrected chi connectivity index (χ3v) is 4.71. The molecule has 0 spiro atoms. The number of hydrogen-bond acceptors (Lipinski definition) is 6. The van der Waals surface area contributed by atoms with Crippen molar-refractivity contribution < 1.29 is 13.9 Å². The van der Waals surface area contributed by atoms with Gasteiger partial charge in [0.05, 0.1) is 18.2 Å². The molecular weight excluding hydrogens is 368 g/mol. The van der Waals surface area contributed by atoms with Crippen LogP contribution in [0.1, 0.15) is 5.56 Å². The Labute approximate surface area is 167 Å². The van der Waals surface area contributed by atoms with E-state index in [0.717, 1.165) is 5.56 Å². The van der Waals surface area contributed by atoms with Crippen LogP contribution in [0, 0.1) is 6.92 Å². The molecule has 0 fully saturated rings. The number of nitrogen functional groups attached to an aromatic ring is 2. The van der Waals surface area contributed by atoms with Gasteiger partial charge < -0.3 is 25.4 Å². The third-order valence-electron chi connectivity index (χ3n) is 4.71. The summed E-state index contributed by atoms with van der Waals surface area (Å²) in [7, 11) is 1.56. The van der Waals surface area contributed by atoms with Gasteiger partial charge in [-0.15, -0.1) is 0 Å². The van der Waals surface area contributed by atoms with E-state index in [1.165, 1.54) is 0 Å². The largest absolute Gasteiger partial charge is 0.497 e. The van der Waals surface area contributed by atoms with Crippen LogP contribution in [0.15, 0.2) is 69.9 Å². The summed E-state index contributed by atoms with van der Waals surface area (Å²) in [6.07, 6.45) is 0. The second kappa shape index (κ2) is 7.24. The average molecular weight is 388 g/mol. The highest BCUT2D eigenvalue weighted by molar-refractivity contribution is 5.81. The second-order valence-corrected chi connectivity index (χ2v) is 6.67. The molecule has 6 heteroatoms. The molecule has 4 rings (SSSR count). The van der Waals surface area contributed by atoms with Crippen LogP contribution >= 0.6 is 0 Å². The molecule has 0 saturated carbocycles. The Bertz CT molecular complexity index is 1260. The Balaban J connectivity index is 1.70. The fourth-order valence-corrected chi connectivity index (χ4v) is 3.11. The fraction of sp³-hybridized carbons (Fsp3) is 0.0870. The molecule has 4 aromatic rings. The van der Waals surface area contributed by atoms with Gasteiger partial charge in [-0.3, -0.25) is 4.79 Å². The second-order valence-electron chi connectivity index (χ2n) is 6.67. The Kier molecular flexibility index (Phi) is 4.60. The maximum atomic E-state index is 12.8. The first-order chi connectivity index (χ1) is 14.0. The lowest BCUT2D eigenvalue weighted by molar-refractivity contribution is 0.415. The molecule has 0 saturated heterocycles. The summed E-state index contributed by atoms with van der Waals surface area (Å²) >= 11 is 0. The van der Waals surface area contributed by atoms with Crippen molar-refractivity contribution in [2.45, 2.75) is 6.92 Å². The van der Waals surface area contributed by atoms with Gasteiger partial charge in [0, 0.05) is 22.9 Å². The molecule has 0 atom stereocenters. The van der Waals surface area contributed by atoms with Crippen molar-refractivity contribution in [3.8, 4) is 28.6 Å². The highest BCUT2D eigenvalue weighted by Crippen LogP contribution is 2.32. The standard InChI is InChI=1S/C23H20N2O4/c1-13-22(26)18-12-17(27-2)8-10-20(18)29-23(13)14-3-6-16(7-4-14)28-21-11-15(24)5-9-19(21)25/h3-12H,24-25H2,1-2H3. The first-order valence-electron chi connectivity index (χ1n) is 9.01. The summed E-state index contributed by atoms with van der Waals surface area (Å²) in [5.41, 5.74) is 14.5. The molecule has 6 nitrogen and oxygen atoms in total. The number of hydrogen-bond donors (Lipinski definition) is 2. The number of fused-ring (bicyclic) bond motifs is 1. The van der Waals surface area contributed by atoms with Crippen molar-refractivity contribution in [2.24, 2.45) is 0 Å². The number of nitrogens with two attached hydrogens (primary N) is 2. The fourth-order valence-electron chi connectivity index (χ4n) is 3.11. The summed E-state index contributed by atoms with van der Waals surface area (Å²) in [5.74, 6) is 2.21. The van der Waals surface area contributed by atoms with Gasteiger partial charge in [0.1, 0.15) is 22.8 Å². The van der Waals surface area contributed by atoms with Gasteiger partial charge in [0.25, 0.3) is 0 Å². The molecule has 0 aliphatic carbocycles. The lowest BCUT2D eigenvalue weighted by atomic mass is 10.1. The first kappa shape index (κ1) is 18.4. The van der Waals surface area contributed by atoms with Crippen LogP contribution in [-0.2, 0) is 0 Å². The quantitative estimate of drug-likeness (QED) is 0.490. The topological polar surface area (TPSA) is 101 Å². The molecule has 0 amide bonds. The number of rotatable bonds is 4. The van der Waals surface area contributed by atoms with Crippen molar-refractivity contribution in [2.75, 3.05) is 18.6 Å². The first-order valence-corrected chi connectivity index (χ1v) is 9.01. The maximum Gasteiger partial charge on any atom is 0.196 e. The zero-order valence-corrected chi connectivity index (χ0v) is 16.1. The molecule has 146 valence electrons. The van der Waals surface area contributed by atoms with Crippen molar-refractivity contribution in [1.29, 1.82) is 0 Å². The summed E-state index contributed by atoms with van der Waals surface area (Å²) < 4.78 is 17.0. The van der Waals surface area contributed by atoms with Crippen LogP contribution in [0.5, 0.6) is 17.2 Å². The molecular formula is C23H20N2O4. The van der Waals surface area contributed by atoms with Crippen LogP contribution in [0.25, 0.3) is 22.3 Å². The Morgan fingerprint density at radius 2 is 1.62 bits per heavy atom. The predicted molar refractivity (Wildman–Crippen MR) is 115 cm³/mol. The molecule has 0 aliphatic rings. The summed E-state index contributed by atoms with van der Waals surface area (Å²) in [6.45, 7) is 1.75. The van der Waals surface area contributed by atoms with Crippen LogP contribution in [0.2, 0.25) is 0 Å². The summed E-state index contributed by atoms with van der Waals surface area (Å²) in [6, 6.07) is 17.5. The minimum atomic E-state index is -0.0898. The minimum absolute atomic E-state index is 0.0898.